The third-order valence-corrected chi connectivity index (χ3v) is 1.96. The van der Waals surface area contributed by atoms with E-state index in [0.29, 0.717) is 5.76 Å². The molecule has 2 aromatic heterocycles. The fourth-order valence-electron chi connectivity index (χ4n) is 1.20. The fourth-order valence-corrected chi connectivity index (χ4v) is 1.20. The standard InChI is InChI=1S/C9H11N5O4/c1-16-4-5-3-6(14-18-5)7(15)10-8-11-9(17-2)13-12-8/h3H,4H2,1-2H3,(H2,10,11,12,13,15). The van der Waals surface area contributed by atoms with E-state index in [0.717, 1.165) is 0 Å². The molecule has 0 aromatic carbocycles. The van der Waals surface area contributed by atoms with Gasteiger partial charge in [0.25, 0.3) is 5.91 Å². The summed E-state index contributed by atoms with van der Waals surface area (Å²) < 4.78 is 14.5. The monoisotopic (exact) mass is 253 g/mol. The molecule has 0 saturated carbocycles. The third kappa shape index (κ3) is 2.63. The molecule has 0 bridgehead atoms. The zero-order valence-electron chi connectivity index (χ0n) is 9.76. The predicted octanol–water partition coefficient (Wildman–Crippen LogP) is 0.200. The number of carbonyl (C=O) groups is 1. The maximum Gasteiger partial charge on any atom is 0.336 e. The molecule has 0 aliphatic carbocycles. The Bertz CT molecular complexity index is 535. The van der Waals surface area contributed by atoms with Gasteiger partial charge in [-0.3, -0.25) is 10.1 Å². The topological polar surface area (TPSA) is 115 Å². The lowest BCUT2D eigenvalue weighted by atomic mass is 10.3. The average Bonchev–Trinajstić information content (AvgIpc) is 2.98. The van der Waals surface area contributed by atoms with E-state index in [-0.39, 0.29) is 24.3 Å². The van der Waals surface area contributed by atoms with Crippen molar-refractivity contribution in [3.05, 3.63) is 17.5 Å². The summed E-state index contributed by atoms with van der Waals surface area (Å²) in [5.41, 5.74) is 0.123. The molecule has 0 atom stereocenters. The number of nitrogens with zero attached hydrogens (tertiary/aromatic N) is 3. The molecule has 2 aromatic rings. The number of rotatable bonds is 5. The van der Waals surface area contributed by atoms with Gasteiger partial charge in [-0.05, 0) is 0 Å². The Morgan fingerprint density at radius 2 is 2.39 bits per heavy atom. The summed E-state index contributed by atoms with van der Waals surface area (Å²) in [4.78, 5) is 15.6. The van der Waals surface area contributed by atoms with Crippen molar-refractivity contribution in [1.29, 1.82) is 0 Å². The fraction of sp³-hybridized carbons (Fsp3) is 0.333. The van der Waals surface area contributed by atoms with Crippen LogP contribution in [0.4, 0.5) is 5.95 Å². The van der Waals surface area contributed by atoms with Gasteiger partial charge in [0, 0.05) is 13.2 Å². The summed E-state index contributed by atoms with van der Waals surface area (Å²) in [6.07, 6.45) is 0. The van der Waals surface area contributed by atoms with Crippen LogP contribution in [0.3, 0.4) is 0 Å². The van der Waals surface area contributed by atoms with Gasteiger partial charge in [-0.2, -0.15) is 4.98 Å². The number of aromatic nitrogens is 4. The van der Waals surface area contributed by atoms with E-state index in [1.165, 1.54) is 20.3 Å². The second kappa shape index (κ2) is 5.27. The highest BCUT2D eigenvalue weighted by Gasteiger charge is 2.14. The molecule has 0 radical (unpaired) electrons. The number of methoxy groups -OCH3 is 2. The Morgan fingerprint density at radius 3 is 3.06 bits per heavy atom. The number of carbonyl (C=O) groups excluding carboxylic acids is 1. The highest BCUT2D eigenvalue weighted by atomic mass is 16.5. The third-order valence-electron chi connectivity index (χ3n) is 1.96. The number of aromatic amines is 1. The molecule has 18 heavy (non-hydrogen) atoms. The lowest BCUT2D eigenvalue weighted by molar-refractivity contribution is 0.101. The first-order valence-electron chi connectivity index (χ1n) is 4.95. The zero-order valence-corrected chi connectivity index (χ0v) is 9.76. The van der Waals surface area contributed by atoms with Crippen LogP contribution in [0.15, 0.2) is 10.6 Å². The molecule has 1 amide bonds. The normalized spacial score (nSPS) is 10.3. The first-order valence-corrected chi connectivity index (χ1v) is 4.95. The van der Waals surface area contributed by atoms with Crippen LogP contribution in [0, 0.1) is 0 Å². The largest absolute Gasteiger partial charge is 0.466 e. The molecule has 0 unspecified atom stereocenters. The SMILES string of the molecule is COCc1cc(C(=O)Nc2nc(OC)n[nH]2)no1. The number of nitrogens with one attached hydrogen (secondary N) is 2. The van der Waals surface area contributed by atoms with Gasteiger partial charge in [-0.1, -0.05) is 5.16 Å². The summed E-state index contributed by atoms with van der Waals surface area (Å²) in [7, 11) is 2.94. The Kier molecular flexibility index (Phi) is 3.53. The summed E-state index contributed by atoms with van der Waals surface area (Å²) in [6, 6.07) is 1.61. The van der Waals surface area contributed by atoms with E-state index in [1.54, 1.807) is 0 Å². The second-order valence-electron chi connectivity index (χ2n) is 3.24. The molecule has 9 heteroatoms. The van der Waals surface area contributed by atoms with Gasteiger partial charge in [0.05, 0.1) is 7.11 Å². The van der Waals surface area contributed by atoms with Gasteiger partial charge in [0.15, 0.2) is 11.5 Å². The molecule has 0 saturated heterocycles. The molecule has 0 fully saturated rings. The Morgan fingerprint density at radius 1 is 1.56 bits per heavy atom. The van der Waals surface area contributed by atoms with Crippen molar-refractivity contribution in [2.45, 2.75) is 6.61 Å². The predicted molar refractivity (Wildman–Crippen MR) is 58.1 cm³/mol. The van der Waals surface area contributed by atoms with Crippen molar-refractivity contribution >= 4 is 11.9 Å². The number of hydrogen-bond acceptors (Lipinski definition) is 7. The zero-order chi connectivity index (χ0) is 13.0. The molecular formula is C9H11N5O4. The first-order chi connectivity index (χ1) is 8.72. The van der Waals surface area contributed by atoms with Gasteiger partial charge in [-0.25, -0.2) is 5.10 Å². The van der Waals surface area contributed by atoms with Crippen LogP contribution in [0.1, 0.15) is 16.2 Å². The minimum atomic E-state index is -0.472. The van der Waals surface area contributed by atoms with Gasteiger partial charge in [0.1, 0.15) is 6.61 Å². The van der Waals surface area contributed by atoms with Crippen LogP contribution >= 0.6 is 0 Å². The van der Waals surface area contributed by atoms with E-state index in [1.807, 2.05) is 0 Å². The van der Waals surface area contributed by atoms with Crippen molar-refractivity contribution < 1.29 is 18.8 Å². The molecule has 9 nitrogen and oxygen atoms in total. The van der Waals surface area contributed by atoms with E-state index in [4.69, 9.17) is 14.0 Å². The lowest BCUT2D eigenvalue weighted by Gasteiger charge is -1.95. The maximum absolute atomic E-state index is 11.7. The number of amides is 1. The van der Waals surface area contributed by atoms with Crippen LogP contribution in [0.5, 0.6) is 6.01 Å². The molecule has 2 N–H and O–H groups in total. The molecule has 2 heterocycles. The van der Waals surface area contributed by atoms with Crippen molar-refractivity contribution in [3.8, 4) is 6.01 Å². The molecule has 0 aliphatic rings. The maximum atomic E-state index is 11.7. The van der Waals surface area contributed by atoms with Crippen molar-refractivity contribution in [2.24, 2.45) is 0 Å². The average molecular weight is 253 g/mol. The molecule has 96 valence electrons. The van der Waals surface area contributed by atoms with Crippen LogP contribution in [-0.4, -0.2) is 40.5 Å². The van der Waals surface area contributed by atoms with Crippen molar-refractivity contribution in [3.63, 3.8) is 0 Å². The summed E-state index contributed by atoms with van der Waals surface area (Å²) in [5.74, 6) is 0.144. The Labute approximate surface area is 101 Å². The van der Waals surface area contributed by atoms with E-state index >= 15 is 0 Å². The number of anilines is 1. The number of H-pyrrole nitrogens is 1. The second-order valence-corrected chi connectivity index (χ2v) is 3.24. The Balaban J connectivity index is 2.02. The van der Waals surface area contributed by atoms with E-state index in [2.05, 4.69) is 25.7 Å². The van der Waals surface area contributed by atoms with Gasteiger partial charge < -0.3 is 14.0 Å². The summed E-state index contributed by atoms with van der Waals surface area (Å²) in [6.45, 7) is 0.246. The number of ether oxygens (including phenoxy) is 2. The van der Waals surface area contributed by atoms with Gasteiger partial charge in [-0.15, -0.1) is 5.10 Å². The first kappa shape index (κ1) is 12.0. The quantitative estimate of drug-likeness (QED) is 0.781. The highest BCUT2D eigenvalue weighted by Crippen LogP contribution is 2.09. The Hall–Kier alpha value is -2.42. The molecular weight excluding hydrogens is 242 g/mol. The smallest absolute Gasteiger partial charge is 0.336 e. The summed E-state index contributed by atoms with van der Waals surface area (Å²) >= 11 is 0. The summed E-state index contributed by atoms with van der Waals surface area (Å²) in [5, 5.41) is 12.2. The highest BCUT2D eigenvalue weighted by molar-refractivity contribution is 6.01. The van der Waals surface area contributed by atoms with Crippen LogP contribution in [0.2, 0.25) is 0 Å². The van der Waals surface area contributed by atoms with Gasteiger partial charge in [0.2, 0.25) is 5.95 Å². The molecule has 0 aliphatic heterocycles. The van der Waals surface area contributed by atoms with E-state index < -0.39 is 5.91 Å². The van der Waals surface area contributed by atoms with Crippen LogP contribution in [0.25, 0.3) is 0 Å². The number of hydrogen-bond donors (Lipinski definition) is 2. The van der Waals surface area contributed by atoms with Crippen molar-refractivity contribution in [2.75, 3.05) is 19.5 Å². The van der Waals surface area contributed by atoms with Gasteiger partial charge >= 0.3 is 6.01 Å². The lowest BCUT2D eigenvalue weighted by Crippen LogP contribution is -2.13. The molecule has 2 rings (SSSR count). The minimum Gasteiger partial charge on any atom is -0.466 e. The van der Waals surface area contributed by atoms with E-state index in [9.17, 15) is 4.79 Å². The van der Waals surface area contributed by atoms with Crippen LogP contribution in [-0.2, 0) is 11.3 Å². The van der Waals surface area contributed by atoms with Crippen molar-refractivity contribution in [1.82, 2.24) is 20.3 Å². The van der Waals surface area contributed by atoms with Crippen LogP contribution < -0.4 is 10.1 Å². The minimum absolute atomic E-state index is 0.123. The molecule has 0 spiro atoms.